The molecule has 1 aliphatic heterocycles. The number of piperidine rings is 1. The fourth-order valence-corrected chi connectivity index (χ4v) is 3.18. The molecular formula is C21H34IN5O3. The first-order chi connectivity index (χ1) is 14.2. The zero-order valence-electron chi connectivity index (χ0n) is 17.9. The molecule has 0 aromatic carbocycles. The van der Waals surface area contributed by atoms with Gasteiger partial charge in [0.1, 0.15) is 0 Å². The molecule has 2 aliphatic rings. The minimum absolute atomic E-state index is 0. The number of aromatic nitrogens is 1. The van der Waals surface area contributed by atoms with Crippen molar-refractivity contribution in [2.45, 2.75) is 52.1 Å². The minimum atomic E-state index is -0.219. The van der Waals surface area contributed by atoms with Crippen molar-refractivity contribution in [2.75, 3.05) is 32.8 Å². The quantitative estimate of drug-likeness (QED) is 0.305. The van der Waals surface area contributed by atoms with Gasteiger partial charge in [-0.25, -0.2) is 14.8 Å². The van der Waals surface area contributed by atoms with Crippen molar-refractivity contribution >= 4 is 36.0 Å². The van der Waals surface area contributed by atoms with E-state index in [1.165, 1.54) is 12.8 Å². The summed E-state index contributed by atoms with van der Waals surface area (Å²) < 4.78 is 10.8. The van der Waals surface area contributed by atoms with E-state index >= 15 is 0 Å². The lowest BCUT2D eigenvalue weighted by molar-refractivity contribution is 0.0963. The number of pyridine rings is 1. The van der Waals surface area contributed by atoms with Crippen molar-refractivity contribution in [2.24, 2.45) is 10.9 Å². The van der Waals surface area contributed by atoms with Gasteiger partial charge in [-0.1, -0.05) is 6.07 Å². The molecule has 30 heavy (non-hydrogen) atoms. The lowest BCUT2D eigenvalue weighted by Crippen LogP contribution is -2.49. The van der Waals surface area contributed by atoms with Crippen LogP contribution in [0.15, 0.2) is 23.3 Å². The Kier molecular flexibility index (Phi) is 10.5. The van der Waals surface area contributed by atoms with E-state index in [0.29, 0.717) is 32.1 Å². The molecule has 0 atom stereocenters. The third-order valence-electron chi connectivity index (χ3n) is 5.09. The molecule has 3 rings (SSSR count). The SMILES string of the molecule is CCNC(=NCc1ccc(OCC2CC2)nc1)NC1CCN(C(=O)OCC)CC1.I. The normalized spacial score (nSPS) is 17.1. The lowest BCUT2D eigenvalue weighted by Gasteiger charge is -2.32. The number of hydrogen-bond acceptors (Lipinski definition) is 5. The number of aliphatic imine (C=N–C) groups is 1. The first kappa shape index (κ1) is 24.5. The summed E-state index contributed by atoms with van der Waals surface area (Å²) in [5, 5.41) is 6.78. The fourth-order valence-electron chi connectivity index (χ4n) is 3.18. The second-order valence-corrected chi connectivity index (χ2v) is 7.56. The number of rotatable bonds is 8. The Hall–Kier alpha value is -1.78. The first-order valence-electron chi connectivity index (χ1n) is 10.7. The van der Waals surface area contributed by atoms with Gasteiger partial charge in [-0.2, -0.15) is 0 Å². The molecule has 0 unspecified atom stereocenters. The second kappa shape index (κ2) is 12.8. The highest BCUT2D eigenvalue weighted by Gasteiger charge is 2.24. The van der Waals surface area contributed by atoms with E-state index in [9.17, 15) is 4.79 Å². The number of likely N-dealkylation sites (tertiary alicyclic amines) is 1. The Morgan fingerprint density at radius 1 is 1.23 bits per heavy atom. The van der Waals surface area contributed by atoms with Gasteiger partial charge >= 0.3 is 6.09 Å². The standard InChI is InChI=1S/C21H33N5O3.HI/c1-3-22-20(25-18-9-11-26(12-10-18)21(27)28-4-2)24-14-17-7-8-19(23-13-17)29-15-16-5-6-16;/h7-8,13,16,18H,3-6,9-12,14-15H2,1-2H3,(H2,22,24,25);1H. The summed E-state index contributed by atoms with van der Waals surface area (Å²) >= 11 is 0. The molecule has 0 radical (unpaired) electrons. The Bertz CT molecular complexity index is 674. The summed E-state index contributed by atoms with van der Waals surface area (Å²) in [7, 11) is 0. The molecule has 2 heterocycles. The van der Waals surface area contributed by atoms with Crippen LogP contribution >= 0.6 is 24.0 Å². The van der Waals surface area contributed by atoms with Crippen LogP contribution in [0, 0.1) is 5.92 Å². The number of carbonyl (C=O) groups is 1. The third-order valence-corrected chi connectivity index (χ3v) is 5.09. The molecule has 1 aromatic rings. The van der Waals surface area contributed by atoms with E-state index in [4.69, 9.17) is 9.47 Å². The van der Waals surface area contributed by atoms with E-state index in [2.05, 4.69) is 20.6 Å². The van der Waals surface area contributed by atoms with Crippen LogP contribution in [0.25, 0.3) is 0 Å². The number of carbonyl (C=O) groups excluding carboxylic acids is 1. The Labute approximate surface area is 196 Å². The topological polar surface area (TPSA) is 88.1 Å². The van der Waals surface area contributed by atoms with Crippen molar-refractivity contribution in [1.82, 2.24) is 20.5 Å². The zero-order valence-corrected chi connectivity index (χ0v) is 20.3. The third kappa shape index (κ3) is 8.16. The van der Waals surface area contributed by atoms with Crippen molar-refractivity contribution in [3.63, 3.8) is 0 Å². The monoisotopic (exact) mass is 531 g/mol. The van der Waals surface area contributed by atoms with Crippen molar-refractivity contribution in [1.29, 1.82) is 0 Å². The van der Waals surface area contributed by atoms with Crippen LogP contribution in [-0.2, 0) is 11.3 Å². The Morgan fingerprint density at radius 2 is 2.00 bits per heavy atom. The van der Waals surface area contributed by atoms with Gasteiger partial charge in [0, 0.05) is 37.9 Å². The predicted octanol–water partition coefficient (Wildman–Crippen LogP) is 3.16. The first-order valence-corrected chi connectivity index (χ1v) is 10.7. The highest BCUT2D eigenvalue weighted by atomic mass is 127. The highest BCUT2D eigenvalue weighted by molar-refractivity contribution is 14.0. The van der Waals surface area contributed by atoms with Gasteiger partial charge in [-0.3, -0.25) is 0 Å². The van der Waals surface area contributed by atoms with Crippen molar-refractivity contribution in [3.05, 3.63) is 23.9 Å². The van der Waals surface area contributed by atoms with Gasteiger partial charge in [-0.15, -0.1) is 24.0 Å². The number of hydrogen-bond donors (Lipinski definition) is 2. The summed E-state index contributed by atoms with van der Waals surface area (Å²) in [4.78, 5) is 22.7. The fraction of sp³-hybridized carbons (Fsp3) is 0.667. The molecule has 0 bridgehead atoms. The second-order valence-electron chi connectivity index (χ2n) is 7.56. The minimum Gasteiger partial charge on any atom is -0.477 e. The molecule has 2 fully saturated rings. The Morgan fingerprint density at radius 3 is 2.60 bits per heavy atom. The maximum Gasteiger partial charge on any atom is 0.409 e. The van der Waals surface area contributed by atoms with Crippen molar-refractivity contribution in [3.8, 4) is 5.88 Å². The van der Waals surface area contributed by atoms with E-state index in [1.54, 1.807) is 4.90 Å². The van der Waals surface area contributed by atoms with Crippen LogP contribution in [0.2, 0.25) is 0 Å². The molecule has 1 aliphatic carbocycles. The summed E-state index contributed by atoms with van der Waals surface area (Å²) in [6, 6.07) is 4.22. The molecule has 0 spiro atoms. The van der Waals surface area contributed by atoms with Crippen LogP contribution in [0.5, 0.6) is 5.88 Å². The van der Waals surface area contributed by atoms with E-state index in [-0.39, 0.29) is 36.1 Å². The average molecular weight is 531 g/mol. The summed E-state index contributed by atoms with van der Waals surface area (Å²) in [6.07, 6.45) is 5.90. The molecular weight excluding hydrogens is 497 g/mol. The zero-order chi connectivity index (χ0) is 20.5. The smallest absolute Gasteiger partial charge is 0.409 e. The maximum atomic E-state index is 11.8. The molecule has 1 saturated heterocycles. The van der Waals surface area contributed by atoms with Crippen LogP contribution in [0.1, 0.15) is 45.1 Å². The number of ether oxygens (including phenoxy) is 2. The molecule has 168 valence electrons. The number of nitrogens with zero attached hydrogens (tertiary/aromatic N) is 3. The molecule has 1 aromatic heterocycles. The average Bonchev–Trinajstić information content (AvgIpc) is 3.57. The van der Waals surface area contributed by atoms with E-state index in [1.807, 2.05) is 32.2 Å². The van der Waals surface area contributed by atoms with Gasteiger partial charge in [0.05, 0.1) is 19.8 Å². The van der Waals surface area contributed by atoms with Crippen LogP contribution in [0.3, 0.4) is 0 Å². The molecule has 9 heteroatoms. The summed E-state index contributed by atoms with van der Waals surface area (Å²) in [5.74, 6) is 2.19. The molecule has 1 amide bonds. The van der Waals surface area contributed by atoms with Crippen LogP contribution in [0.4, 0.5) is 4.79 Å². The van der Waals surface area contributed by atoms with Crippen LogP contribution in [-0.4, -0.2) is 60.8 Å². The van der Waals surface area contributed by atoms with Gasteiger partial charge in [0.15, 0.2) is 5.96 Å². The largest absolute Gasteiger partial charge is 0.477 e. The number of halogens is 1. The summed E-state index contributed by atoms with van der Waals surface area (Å²) in [6.45, 7) is 7.80. The highest BCUT2D eigenvalue weighted by Crippen LogP contribution is 2.29. The summed E-state index contributed by atoms with van der Waals surface area (Å²) in [5.41, 5.74) is 1.04. The number of nitrogens with one attached hydrogen (secondary N) is 2. The molecule has 1 saturated carbocycles. The molecule has 2 N–H and O–H groups in total. The number of amides is 1. The number of guanidine groups is 1. The van der Waals surface area contributed by atoms with Gasteiger partial charge in [0.25, 0.3) is 0 Å². The van der Waals surface area contributed by atoms with Gasteiger partial charge < -0.3 is 25.0 Å². The molecule has 8 nitrogen and oxygen atoms in total. The van der Waals surface area contributed by atoms with Crippen LogP contribution < -0.4 is 15.4 Å². The maximum absolute atomic E-state index is 11.8. The van der Waals surface area contributed by atoms with E-state index < -0.39 is 0 Å². The van der Waals surface area contributed by atoms with Gasteiger partial charge in [0.2, 0.25) is 5.88 Å². The lowest BCUT2D eigenvalue weighted by atomic mass is 10.1. The van der Waals surface area contributed by atoms with E-state index in [0.717, 1.165) is 43.4 Å². The van der Waals surface area contributed by atoms with Gasteiger partial charge in [-0.05, 0) is 51.0 Å². The van der Waals surface area contributed by atoms with Crippen molar-refractivity contribution < 1.29 is 14.3 Å². The predicted molar refractivity (Wildman–Crippen MR) is 127 cm³/mol. The Balaban J connectivity index is 0.00000320.